The maximum atomic E-state index is 13.7. The van der Waals surface area contributed by atoms with Gasteiger partial charge in [0.2, 0.25) is 0 Å². The molecule has 0 unspecified atom stereocenters. The Hall–Kier alpha value is -2.86. The van der Waals surface area contributed by atoms with Crippen molar-refractivity contribution in [1.82, 2.24) is 5.32 Å². The molecule has 30 heavy (non-hydrogen) atoms. The highest BCUT2D eigenvalue weighted by atomic mass is 35.5. The van der Waals surface area contributed by atoms with Crippen LogP contribution in [0.1, 0.15) is 41.3 Å². The van der Waals surface area contributed by atoms with Crippen LogP contribution in [0, 0.1) is 17.6 Å². The summed E-state index contributed by atoms with van der Waals surface area (Å²) in [5.74, 6) is -0.756. The molecule has 1 aromatic heterocycles. The zero-order valence-electron chi connectivity index (χ0n) is 16.7. The molecular formula is C23H22ClF2NO3. The molecule has 0 saturated heterocycles. The molecule has 158 valence electrons. The van der Waals surface area contributed by atoms with Gasteiger partial charge in [-0.05, 0) is 42.3 Å². The summed E-state index contributed by atoms with van der Waals surface area (Å²) < 4.78 is 38.5. The Kier molecular flexibility index (Phi) is 7.11. The Morgan fingerprint density at radius 3 is 2.70 bits per heavy atom. The highest BCUT2D eigenvalue weighted by Gasteiger charge is 2.15. The molecule has 0 fully saturated rings. The molecule has 1 heterocycles. The number of carbonyl (C=O) groups is 1. The van der Waals surface area contributed by atoms with Crippen LogP contribution >= 0.6 is 11.6 Å². The van der Waals surface area contributed by atoms with Gasteiger partial charge in [0.05, 0.1) is 6.61 Å². The molecule has 0 spiro atoms. The summed E-state index contributed by atoms with van der Waals surface area (Å²) in [7, 11) is 0. The van der Waals surface area contributed by atoms with Crippen molar-refractivity contribution >= 4 is 17.5 Å². The third-order valence-corrected chi connectivity index (χ3v) is 4.55. The molecule has 0 atom stereocenters. The van der Waals surface area contributed by atoms with Gasteiger partial charge >= 0.3 is 0 Å². The standard InChI is InChI=1S/C23H22ClF2NO3/c1-14(2)13-29-20-8-6-17(24)10-16(20)11-18-7-9-21(30-18)23(28)27-12-15-4-3-5-19(25)22(15)26/h3-10,14H,11-13H2,1-2H3,(H,27,28). The van der Waals surface area contributed by atoms with Gasteiger partial charge in [0, 0.05) is 29.1 Å². The van der Waals surface area contributed by atoms with Crippen molar-refractivity contribution in [2.75, 3.05) is 6.61 Å². The number of amides is 1. The van der Waals surface area contributed by atoms with E-state index in [1.54, 1.807) is 18.2 Å². The first kappa shape index (κ1) is 21.8. The normalized spacial score (nSPS) is 11.0. The average molecular weight is 434 g/mol. The number of hydrogen-bond acceptors (Lipinski definition) is 3. The van der Waals surface area contributed by atoms with Crippen molar-refractivity contribution in [3.8, 4) is 5.75 Å². The fourth-order valence-electron chi connectivity index (χ4n) is 2.81. The maximum absolute atomic E-state index is 13.7. The smallest absolute Gasteiger partial charge is 0.287 e. The molecular weight excluding hydrogens is 412 g/mol. The fourth-order valence-corrected chi connectivity index (χ4v) is 3.01. The van der Waals surface area contributed by atoms with Gasteiger partial charge in [0.15, 0.2) is 17.4 Å². The van der Waals surface area contributed by atoms with Crippen molar-refractivity contribution in [3.63, 3.8) is 0 Å². The van der Waals surface area contributed by atoms with E-state index < -0.39 is 17.5 Å². The molecule has 0 aliphatic carbocycles. The molecule has 0 radical (unpaired) electrons. The van der Waals surface area contributed by atoms with Gasteiger partial charge in [-0.15, -0.1) is 0 Å². The van der Waals surface area contributed by atoms with Crippen molar-refractivity contribution in [2.24, 2.45) is 5.92 Å². The Bertz CT molecular complexity index is 1030. The molecule has 0 saturated carbocycles. The highest BCUT2D eigenvalue weighted by Crippen LogP contribution is 2.26. The highest BCUT2D eigenvalue weighted by molar-refractivity contribution is 6.30. The van der Waals surface area contributed by atoms with E-state index in [1.807, 2.05) is 6.07 Å². The first-order valence-corrected chi connectivity index (χ1v) is 9.92. The van der Waals surface area contributed by atoms with Crippen LogP contribution in [-0.2, 0) is 13.0 Å². The van der Waals surface area contributed by atoms with Crippen molar-refractivity contribution in [2.45, 2.75) is 26.8 Å². The van der Waals surface area contributed by atoms with E-state index in [1.165, 1.54) is 18.2 Å². The summed E-state index contributed by atoms with van der Waals surface area (Å²) in [6, 6.07) is 12.4. The van der Waals surface area contributed by atoms with Crippen molar-refractivity contribution in [3.05, 3.63) is 87.8 Å². The van der Waals surface area contributed by atoms with E-state index in [0.29, 0.717) is 35.5 Å². The predicted molar refractivity (Wildman–Crippen MR) is 111 cm³/mol. The summed E-state index contributed by atoms with van der Waals surface area (Å²) >= 11 is 6.12. The van der Waals surface area contributed by atoms with Gasteiger partial charge < -0.3 is 14.5 Å². The average Bonchev–Trinajstić information content (AvgIpc) is 3.17. The molecule has 1 N–H and O–H groups in total. The fraction of sp³-hybridized carbons (Fsp3) is 0.261. The summed E-state index contributed by atoms with van der Waals surface area (Å²) in [5.41, 5.74) is 0.896. The zero-order valence-corrected chi connectivity index (χ0v) is 17.4. The van der Waals surface area contributed by atoms with Gasteiger partial charge in [-0.2, -0.15) is 0 Å². The Labute approximate surface area is 178 Å². The zero-order chi connectivity index (χ0) is 21.7. The second-order valence-electron chi connectivity index (χ2n) is 7.30. The molecule has 7 heteroatoms. The lowest BCUT2D eigenvalue weighted by molar-refractivity contribution is 0.0921. The van der Waals surface area contributed by atoms with Crippen LogP contribution in [0.25, 0.3) is 0 Å². The Morgan fingerprint density at radius 2 is 1.93 bits per heavy atom. The van der Waals surface area contributed by atoms with Crippen LogP contribution in [0.4, 0.5) is 8.78 Å². The van der Waals surface area contributed by atoms with E-state index >= 15 is 0 Å². The summed E-state index contributed by atoms with van der Waals surface area (Å²) in [5, 5.41) is 3.10. The summed E-state index contributed by atoms with van der Waals surface area (Å²) in [6.45, 7) is 4.53. The lowest BCUT2D eigenvalue weighted by Crippen LogP contribution is -2.23. The monoisotopic (exact) mass is 433 g/mol. The lowest BCUT2D eigenvalue weighted by atomic mass is 10.1. The van der Waals surface area contributed by atoms with Gasteiger partial charge in [-0.25, -0.2) is 8.78 Å². The topological polar surface area (TPSA) is 51.5 Å². The number of halogens is 3. The molecule has 2 aromatic carbocycles. The molecule has 0 bridgehead atoms. The second-order valence-corrected chi connectivity index (χ2v) is 7.73. The maximum Gasteiger partial charge on any atom is 0.287 e. The van der Waals surface area contributed by atoms with E-state index in [2.05, 4.69) is 19.2 Å². The summed E-state index contributed by atoms with van der Waals surface area (Å²) in [4.78, 5) is 12.3. The minimum atomic E-state index is -0.979. The number of carbonyl (C=O) groups excluding carboxylic acids is 1. The number of furan rings is 1. The Morgan fingerprint density at radius 1 is 1.13 bits per heavy atom. The Balaban J connectivity index is 1.67. The van der Waals surface area contributed by atoms with Gasteiger partial charge in [0.25, 0.3) is 5.91 Å². The molecule has 0 aliphatic heterocycles. The molecule has 4 nitrogen and oxygen atoms in total. The molecule has 3 rings (SSSR count). The van der Waals surface area contributed by atoms with Crippen molar-refractivity contribution < 1.29 is 22.7 Å². The first-order chi connectivity index (χ1) is 14.3. The van der Waals surface area contributed by atoms with Gasteiger partial charge in [-0.3, -0.25) is 4.79 Å². The van der Waals surface area contributed by atoms with Crippen LogP contribution < -0.4 is 10.1 Å². The number of hydrogen-bond donors (Lipinski definition) is 1. The van der Waals surface area contributed by atoms with E-state index in [-0.39, 0.29) is 17.9 Å². The molecule has 3 aromatic rings. The van der Waals surface area contributed by atoms with Crippen LogP contribution in [0.2, 0.25) is 5.02 Å². The largest absolute Gasteiger partial charge is 0.493 e. The van der Waals surface area contributed by atoms with Crippen LogP contribution in [0.15, 0.2) is 52.9 Å². The van der Waals surface area contributed by atoms with Crippen LogP contribution in [-0.4, -0.2) is 12.5 Å². The van der Waals surface area contributed by atoms with Gasteiger partial charge in [0.1, 0.15) is 11.5 Å². The minimum Gasteiger partial charge on any atom is -0.493 e. The van der Waals surface area contributed by atoms with Crippen LogP contribution in [0.3, 0.4) is 0 Å². The predicted octanol–water partition coefficient (Wildman–Crippen LogP) is 5.77. The molecule has 0 aliphatic rings. The molecule has 1 amide bonds. The number of benzene rings is 2. The SMILES string of the molecule is CC(C)COc1ccc(Cl)cc1Cc1ccc(C(=O)NCc2cccc(F)c2F)o1. The summed E-state index contributed by atoms with van der Waals surface area (Å²) in [6.07, 6.45) is 0.389. The number of rotatable bonds is 8. The van der Waals surface area contributed by atoms with Gasteiger partial charge in [-0.1, -0.05) is 37.6 Å². The lowest BCUT2D eigenvalue weighted by Gasteiger charge is -2.13. The minimum absolute atomic E-state index is 0.0565. The second kappa shape index (κ2) is 9.76. The first-order valence-electron chi connectivity index (χ1n) is 9.54. The van der Waals surface area contributed by atoms with Crippen LogP contribution in [0.5, 0.6) is 5.75 Å². The van der Waals surface area contributed by atoms with E-state index in [4.69, 9.17) is 20.8 Å². The van der Waals surface area contributed by atoms with E-state index in [0.717, 1.165) is 11.6 Å². The number of nitrogens with one attached hydrogen (secondary N) is 1. The third-order valence-electron chi connectivity index (χ3n) is 4.32. The quantitative estimate of drug-likeness (QED) is 0.491. The van der Waals surface area contributed by atoms with E-state index in [9.17, 15) is 13.6 Å². The van der Waals surface area contributed by atoms with Crippen molar-refractivity contribution in [1.29, 1.82) is 0 Å². The number of ether oxygens (including phenoxy) is 1. The third kappa shape index (κ3) is 5.60.